The predicted molar refractivity (Wildman–Crippen MR) is 116 cm³/mol. The number of carbonyl (C=O) groups excluding carboxylic acids is 1. The van der Waals surface area contributed by atoms with Gasteiger partial charge in [0, 0.05) is 33.5 Å². The molecule has 0 atom stereocenters. The zero-order valence-electron chi connectivity index (χ0n) is 15.5. The van der Waals surface area contributed by atoms with Crippen LogP contribution in [0.2, 0.25) is 10.0 Å². The van der Waals surface area contributed by atoms with E-state index in [1.54, 1.807) is 32.9 Å². The van der Waals surface area contributed by atoms with E-state index in [4.69, 9.17) is 23.2 Å². The molecular weight excluding hydrogens is 463 g/mol. The summed E-state index contributed by atoms with van der Waals surface area (Å²) in [6, 6.07) is 5.28. The number of halogens is 2. The Balaban J connectivity index is 1.83. The lowest BCUT2D eigenvalue weighted by atomic mass is 9.96. The first-order valence-corrected chi connectivity index (χ1v) is 12.4. The van der Waals surface area contributed by atoms with E-state index in [-0.39, 0.29) is 21.9 Å². The van der Waals surface area contributed by atoms with Gasteiger partial charge in [-0.2, -0.15) is 11.8 Å². The van der Waals surface area contributed by atoms with Gasteiger partial charge in [0.15, 0.2) is 0 Å². The van der Waals surface area contributed by atoms with E-state index in [9.17, 15) is 13.2 Å². The minimum Gasteiger partial charge on any atom is -0.300 e. The third-order valence-electron chi connectivity index (χ3n) is 3.35. The molecule has 0 spiro atoms. The van der Waals surface area contributed by atoms with Crippen molar-refractivity contribution in [3.8, 4) is 0 Å². The molecule has 0 aliphatic rings. The number of benzene rings is 1. The summed E-state index contributed by atoms with van der Waals surface area (Å²) in [6.45, 7) is 5.47. The molecule has 0 saturated heterocycles. The Morgan fingerprint density at radius 1 is 1.25 bits per heavy atom. The largest absolute Gasteiger partial charge is 0.300 e. The minimum atomic E-state index is -3.78. The van der Waals surface area contributed by atoms with Crippen molar-refractivity contribution < 1.29 is 13.2 Å². The van der Waals surface area contributed by atoms with Gasteiger partial charge >= 0.3 is 0 Å². The first-order chi connectivity index (χ1) is 13.0. The van der Waals surface area contributed by atoms with Crippen LogP contribution in [0.4, 0.5) is 5.13 Å². The average Bonchev–Trinajstić information content (AvgIpc) is 3.05. The van der Waals surface area contributed by atoms with Crippen LogP contribution >= 0.6 is 46.3 Å². The molecule has 154 valence electrons. The van der Waals surface area contributed by atoms with Crippen molar-refractivity contribution in [2.24, 2.45) is 5.41 Å². The van der Waals surface area contributed by atoms with Crippen LogP contribution in [0.1, 0.15) is 26.3 Å². The highest BCUT2D eigenvalue weighted by atomic mass is 35.5. The van der Waals surface area contributed by atoms with Gasteiger partial charge in [-0.15, -0.1) is 10.2 Å². The first kappa shape index (κ1) is 23.4. The SMILES string of the molecule is CC(C)(C)C(=O)Nc1nnc(S(=O)(=O)NCCSCc2ccc(Cl)cc2Cl)s1. The molecule has 0 saturated carbocycles. The number of aromatic nitrogens is 2. The molecule has 1 heterocycles. The molecule has 7 nitrogen and oxygen atoms in total. The van der Waals surface area contributed by atoms with Crippen molar-refractivity contribution in [1.82, 2.24) is 14.9 Å². The van der Waals surface area contributed by atoms with Crippen LogP contribution in [0, 0.1) is 5.41 Å². The fraction of sp³-hybridized carbons (Fsp3) is 0.438. The fourth-order valence-corrected chi connectivity index (χ4v) is 5.30. The summed E-state index contributed by atoms with van der Waals surface area (Å²) in [7, 11) is -3.78. The maximum Gasteiger partial charge on any atom is 0.269 e. The quantitative estimate of drug-likeness (QED) is 0.434. The molecule has 0 bridgehead atoms. The molecule has 0 radical (unpaired) electrons. The van der Waals surface area contributed by atoms with Gasteiger partial charge in [-0.3, -0.25) is 4.79 Å². The summed E-state index contributed by atoms with van der Waals surface area (Å²) in [5.74, 6) is 0.919. The van der Waals surface area contributed by atoms with E-state index in [1.807, 2.05) is 6.07 Å². The average molecular weight is 483 g/mol. The first-order valence-electron chi connectivity index (χ1n) is 8.15. The summed E-state index contributed by atoms with van der Waals surface area (Å²) in [6.07, 6.45) is 0. The van der Waals surface area contributed by atoms with Gasteiger partial charge in [0.2, 0.25) is 15.4 Å². The van der Waals surface area contributed by atoms with Crippen LogP contribution in [-0.2, 0) is 20.6 Å². The number of thioether (sulfide) groups is 1. The van der Waals surface area contributed by atoms with E-state index in [2.05, 4.69) is 20.2 Å². The summed E-state index contributed by atoms with van der Waals surface area (Å²) >= 11 is 14.3. The second-order valence-electron chi connectivity index (χ2n) is 6.76. The highest BCUT2D eigenvalue weighted by molar-refractivity contribution is 7.98. The third kappa shape index (κ3) is 6.85. The van der Waals surface area contributed by atoms with Crippen molar-refractivity contribution in [2.75, 3.05) is 17.6 Å². The monoisotopic (exact) mass is 482 g/mol. The Morgan fingerprint density at radius 3 is 2.61 bits per heavy atom. The molecule has 1 amide bonds. The molecule has 2 aromatic rings. The number of hydrogen-bond acceptors (Lipinski definition) is 7. The Hall–Kier alpha value is -0.910. The van der Waals surface area contributed by atoms with Crippen LogP contribution in [0.15, 0.2) is 22.5 Å². The van der Waals surface area contributed by atoms with E-state index in [0.717, 1.165) is 16.9 Å². The fourth-order valence-electron chi connectivity index (χ4n) is 1.78. The molecule has 12 heteroatoms. The summed E-state index contributed by atoms with van der Waals surface area (Å²) in [5.41, 5.74) is 0.315. The smallest absolute Gasteiger partial charge is 0.269 e. The van der Waals surface area contributed by atoms with E-state index >= 15 is 0 Å². The minimum absolute atomic E-state index is 0.145. The van der Waals surface area contributed by atoms with Crippen LogP contribution in [0.25, 0.3) is 0 Å². The Bertz CT molecular complexity index is 943. The Labute approximate surface area is 182 Å². The van der Waals surface area contributed by atoms with Crippen molar-refractivity contribution in [3.05, 3.63) is 33.8 Å². The highest BCUT2D eigenvalue weighted by Gasteiger charge is 2.25. The number of nitrogens with zero attached hydrogens (tertiary/aromatic N) is 2. The van der Waals surface area contributed by atoms with Crippen LogP contribution in [0.3, 0.4) is 0 Å². The summed E-state index contributed by atoms with van der Waals surface area (Å²) in [4.78, 5) is 11.9. The number of rotatable bonds is 8. The predicted octanol–water partition coefficient (Wildman–Crippen LogP) is 4.04. The van der Waals surface area contributed by atoms with E-state index in [1.165, 1.54) is 11.8 Å². The van der Waals surface area contributed by atoms with Crippen molar-refractivity contribution in [2.45, 2.75) is 30.9 Å². The maximum absolute atomic E-state index is 12.3. The lowest BCUT2D eigenvalue weighted by Gasteiger charge is -2.15. The van der Waals surface area contributed by atoms with Crippen LogP contribution in [-0.4, -0.2) is 36.8 Å². The highest BCUT2D eigenvalue weighted by Crippen LogP contribution is 2.25. The van der Waals surface area contributed by atoms with Gasteiger partial charge in [-0.05, 0) is 17.7 Å². The molecule has 0 aliphatic heterocycles. The molecule has 28 heavy (non-hydrogen) atoms. The maximum atomic E-state index is 12.3. The van der Waals surface area contributed by atoms with Gasteiger partial charge in [0.25, 0.3) is 10.0 Å². The molecule has 1 aromatic heterocycles. The molecule has 2 N–H and O–H groups in total. The zero-order valence-corrected chi connectivity index (χ0v) is 19.4. The van der Waals surface area contributed by atoms with Crippen LogP contribution in [0.5, 0.6) is 0 Å². The van der Waals surface area contributed by atoms with Crippen molar-refractivity contribution >= 4 is 67.4 Å². The number of nitrogens with one attached hydrogen (secondary N) is 2. The molecule has 2 rings (SSSR count). The van der Waals surface area contributed by atoms with Crippen LogP contribution < -0.4 is 10.0 Å². The lowest BCUT2D eigenvalue weighted by molar-refractivity contribution is -0.123. The number of carbonyl (C=O) groups is 1. The van der Waals surface area contributed by atoms with E-state index in [0.29, 0.717) is 21.6 Å². The second kappa shape index (κ2) is 9.73. The second-order valence-corrected chi connectivity index (χ2v) is 11.6. The number of amides is 1. The number of hydrogen-bond donors (Lipinski definition) is 2. The topological polar surface area (TPSA) is 101 Å². The summed E-state index contributed by atoms with van der Waals surface area (Å²) in [5, 5.41) is 11.2. The molecule has 0 unspecified atom stereocenters. The Morgan fingerprint density at radius 2 is 1.96 bits per heavy atom. The summed E-state index contributed by atoms with van der Waals surface area (Å²) < 4.78 is 26.9. The molecular formula is C16H20Cl2N4O3S3. The van der Waals surface area contributed by atoms with Gasteiger partial charge in [0.05, 0.1) is 0 Å². The van der Waals surface area contributed by atoms with Crippen molar-refractivity contribution in [3.63, 3.8) is 0 Å². The van der Waals surface area contributed by atoms with Gasteiger partial charge < -0.3 is 5.32 Å². The lowest BCUT2D eigenvalue weighted by Crippen LogP contribution is -2.27. The Kier molecular flexibility index (Phi) is 8.12. The third-order valence-corrected chi connectivity index (χ3v) is 7.61. The zero-order chi connectivity index (χ0) is 20.9. The van der Waals surface area contributed by atoms with Crippen molar-refractivity contribution in [1.29, 1.82) is 0 Å². The standard InChI is InChI=1S/C16H20Cl2N4O3S3/c1-16(2,3)13(23)20-14-21-22-15(27-14)28(24,25)19-6-7-26-9-10-4-5-11(17)8-12(10)18/h4-5,8,19H,6-7,9H2,1-3H3,(H,20,21,23). The molecule has 0 aliphatic carbocycles. The van der Waals surface area contributed by atoms with Gasteiger partial charge in [-0.1, -0.05) is 61.4 Å². The number of anilines is 1. The number of sulfonamides is 1. The van der Waals surface area contributed by atoms with Gasteiger partial charge in [-0.25, -0.2) is 13.1 Å². The van der Waals surface area contributed by atoms with E-state index < -0.39 is 15.4 Å². The normalized spacial score (nSPS) is 12.2. The molecule has 1 aromatic carbocycles. The van der Waals surface area contributed by atoms with Gasteiger partial charge in [0.1, 0.15) is 0 Å². The molecule has 0 fully saturated rings.